The molecule has 1 aliphatic rings. The predicted molar refractivity (Wildman–Crippen MR) is 87.7 cm³/mol. The number of anilines is 1. The lowest BCUT2D eigenvalue weighted by Crippen LogP contribution is -2.35. The highest BCUT2D eigenvalue weighted by atomic mass is 16.5. The summed E-state index contributed by atoms with van der Waals surface area (Å²) in [4.78, 5) is 25.5. The Morgan fingerprint density at radius 2 is 1.96 bits per heavy atom. The van der Waals surface area contributed by atoms with Gasteiger partial charge in [0.25, 0.3) is 11.8 Å². The molecule has 0 spiro atoms. The number of aryl methyl sites for hydroxylation is 1. The van der Waals surface area contributed by atoms with E-state index in [2.05, 4.69) is 5.32 Å². The van der Waals surface area contributed by atoms with Gasteiger partial charge in [-0.3, -0.25) is 9.59 Å². The number of hydrogen-bond acceptors (Lipinski definition) is 3. The molecule has 1 heterocycles. The number of rotatable bonds is 3. The van der Waals surface area contributed by atoms with Crippen molar-refractivity contribution in [2.45, 2.75) is 13.5 Å². The first kappa shape index (κ1) is 15.1. The number of likely N-dealkylation sites (N-methyl/N-ethyl adjacent to an activating group) is 1. The Morgan fingerprint density at radius 1 is 1.22 bits per heavy atom. The normalized spacial score (nSPS) is 13.3. The highest BCUT2D eigenvalue weighted by Gasteiger charge is 2.23. The van der Waals surface area contributed by atoms with Gasteiger partial charge in [-0.2, -0.15) is 0 Å². The highest BCUT2D eigenvalue weighted by Crippen LogP contribution is 2.31. The summed E-state index contributed by atoms with van der Waals surface area (Å²) >= 11 is 0. The zero-order valence-corrected chi connectivity index (χ0v) is 13.1. The number of nitrogens with zero attached hydrogens (tertiary/aromatic N) is 1. The molecule has 5 heteroatoms. The number of benzene rings is 2. The molecule has 1 N–H and O–H groups in total. The molecule has 0 saturated heterocycles. The third-order valence-corrected chi connectivity index (χ3v) is 3.88. The lowest BCUT2D eigenvalue weighted by Gasteiger charge is -2.26. The van der Waals surface area contributed by atoms with E-state index in [1.807, 2.05) is 31.2 Å². The van der Waals surface area contributed by atoms with Gasteiger partial charge in [-0.25, -0.2) is 0 Å². The molecule has 2 aromatic rings. The largest absolute Gasteiger partial charge is 0.482 e. The molecule has 0 bridgehead atoms. The second-order valence-corrected chi connectivity index (χ2v) is 5.59. The van der Waals surface area contributed by atoms with Crippen molar-refractivity contribution >= 4 is 17.5 Å². The summed E-state index contributed by atoms with van der Waals surface area (Å²) in [5, 5.41) is 2.88. The Kier molecular flexibility index (Phi) is 4.02. The van der Waals surface area contributed by atoms with Crippen LogP contribution in [0.3, 0.4) is 0 Å². The average molecular weight is 310 g/mol. The van der Waals surface area contributed by atoms with Crippen LogP contribution in [0.4, 0.5) is 5.69 Å². The minimum Gasteiger partial charge on any atom is -0.482 e. The topological polar surface area (TPSA) is 58.6 Å². The Labute approximate surface area is 134 Å². The van der Waals surface area contributed by atoms with Crippen molar-refractivity contribution in [2.24, 2.45) is 0 Å². The molecule has 118 valence electrons. The molecule has 0 radical (unpaired) electrons. The molecule has 23 heavy (non-hydrogen) atoms. The van der Waals surface area contributed by atoms with Gasteiger partial charge >= 0.3 is 0 Å². The minimum atomic E-state index is -0.181. The van der Waals surface area contributed by atoms with Crippen LogP contribution in [0.15, 0.2) is 42.5 Å². The number of hydrogen-bond donors (Lipinski definition) is 1. The van der Waals surface area contributed by atoms with Crippen LogP contribution in [0.2, 0.25) is 0 Å². The Bertz CT molecular complexity index is 753. The maximum atomic E-state index is 12.3. The van der Waals surface area contributed by atoms with E-state index >= 15 is 0 Å². The van der Waals surface area contributed by atoms with E-state index in [0.717, 1.165) is 5.56 Å². The number of carbonyl (C=O) groups is 2. The van der Waals surface area contributed by atoms with E-state index in [4.69, 9.17) is 4.74 Å². The molecule has 2 aromatic carbocycles. The fourth-order valence-corrected chi connectivity index (χ4v) is 2.40. The molecular formula is C18H18N2O3. The number of fused-ring (bicyclic) bond motifs is 1. The maximum absolute atomic E-state index is 12.3. The van der Waals surface area contributed by atoms with Gasteiger partial charge < -0.3 is 15.0 Å². The predicted octanol–water partition coefficient (Wildman–Crippen LogP) is 2.28. The molecule has 0 aliphatic carbocycles. The van der Waals surface area contributed by atoms with Gasteiger partial charge in [0.15, 0.2) is 6.61 Å². The molecule has 0 saturated carbocycles. The molecular weight excluding hydrogens is 292 g/mol. The SMILES string of the molecule is Cc1ccc(CNC(=O)c2ccc3c(c2)N(C)C(=O)CO3)cc1. The van der Waals surface area contributed by atoms with Crippen molar-refractivity contribution in [3.63, 3.8) is 0 Å². The van der Waals surface area contributed by atoms with Crippen LogP contribution in [-0.2, 0) is 11.3 Å². The molecule has 0 aromatic heterocycles. The number of ether oxygens (including phenoxy) is 1. The molecule has 3 rings (SSSR count). The third kappa shape index (κ3) is 3.18. The molecule has 2 amide bonds. The van der Waals surface area contributed by atoms with Crippen molar-refractivity contribution in [1.82, 2.24) is 5.32 Å². The van der Waals surface area contributed by atoms with Crippen molar-refractivity contribution in [1.29, 1.82) is 0 Å². The van der Waals surface area contributed by atoms with E-state index < -0.39 is 0 Å². The first-order valence-corrected chi connectivity index (χ1v) is 7.42. The van der Waals surface area contributed by atoms with Crippen molar-refractivity contribution in [2.75, 3.05) is 18.6 Å². The lowest BCUT2D eigenvalue weighted by atomic mass is 10.1. The summed E-state index contributed by atoms with van der Waals surface area (Å²) in [6, 6.07) is 13.1. The molecule has 5 nitrogen and oxygen atoms in total. The van der Waals surface area contributed by atoms with Gasteiger partial charge in [0.2, 0.25) is 0 Å². The smallest absolute Gasteiger partial charge is 0.264 e. The number of amides is 2. The average Bonchev–Trinajstić information content (AvgIpc) is 2.57. The molecule has 0 unspecified atom stereocenters. The van der Waals surface area contributed by atoms with Crippen LogP contribution in [0, 0.1) is 6.92 Å². The van der Waals surface area contributed by atoms with Crippen molar-refractivity contribution < 1.29 is 14.3 Å². The highest BCUT2D eigenvalue weighted by molar-refractivity contribution is 6.00. The first-order valence-electron chi connectivity index (χ1n) is 7.42. The first-order chi connectivity index (χ1) is 11.0. The van der Waals surface area contributed by atoms with E-state index in [9.17, 15) is 9.59 Å². The Balaban J connectivity index is 1.73. The van der Waals surface area contributed by atoms with Crippen LogP contribution < -0.4 is 15.0 Å². The van der Waals surface area contributed by atoms with Crippen LogP contribution in [-0.4, -0.2) is 25.5 Å². The summed E-state index contributed by atoms with van der Waals surface area (Å²) in [5.74, 6) is 0.302. The molecule has 1 aliphatic heterocycles. The second-order valence-electron chi connectivity index (χ2n) is 5.59. The van der Waals surface area contributed by atoms with Crippen molar-refractivity contribution in [3.8, 4) is 5.75 Å². The van der Waals surface area contributed by atoms with Crippen LogP contribution in [0.5, 0.6) is 5.75 Å². The van der Waals surface area contributed by atoms with Gasteiger partial charge in [-0.15, -0.1) is 0 Å². The number of carbonyl (C=O) groups excluding carboxylic acids is 2. The Hall–Kier alpha value is -2.82. The minimum absolute atomic E-state index is 0.0302. The second kappa shape index (κ2) is 6.12. The fourth-order valence-electron chi connectivity index (χ4n) is 2.40. The molecule has 0 atom stereocenters. The van der Waals surface area contributed by atoms with Crippen LogP contribution in [0.25, 0.3) is 0 Å². The van der Waals surface area contributed by atoms with E-state index in [1.54, 1.807) is 25.2 Å². The number of nitrogens with one attached hydrogen (secondary N) is 1. The Morgan fingerprint density at radius 3 is 2.70 bits per heavy atom. The summed E-state index contributed by atoms with van der Waals surface area (Å²) in [6.45, 7) is 2.51. The van der Waals surface area contributed by atoms with Gasteiger partial charge in [0.05, 0.1) is 5.69 Å². The van der Waals surface area contributed by atoms with Gasteiger partial charge in [-0.1, -0.05) is 29.8 Å². The van der Waals surface area contributed by atoms with Gasteiger partial charge in [0.1, 0.15) is 5.75 Å². The van der Waals surface area contributed by atoms with Crippen LogP contribution in [0.1, 0.15) is 21.5 Å². The summed E-state index contributed by atoms with van der Waals surface area (Å²) in [6.07, 6.45) is 0. The zero-order valence-electron chi connectivity index (χ0n) is 13.1. The summed E-state index contributed by atoms with van der Waals surface area (Å²) in [5.41, 5.74) is 3.34. The summed E-state index contributed by atoms with van der Waals surface area (Å²) in [7, 11) is 1.68. The quantitative estimate of drug-likeness (QED) is 0.946. The van der Waals surface area contributed by atoms with E-state index in [-0.39, 0.29) is 18.4 Å². The lowest BCUT2D eigenvalue weighted by molar-refractivity contribution is -0.120. The van der Waals surface area contributed by atoms with Crippen LogP contribution >= 0.6 is 0 Å². The van der Waals surface area contributed by atoms with Crippen molar-refractivity contribution in [3.05, 3.63) is 59.2 Å². The monoisotopic (exact) mass is 310 g/mol. The van der Waals surface area contributed by atoms with E-state index in [0.29, 0.717) is 23.5 Å². The maximum Gasteiger partial charge on any atom is 0.264 e. The van der Waals surface area contributed by atoms with Gasteiger partial charge in [-0.05, 0) is 30.7 Å². The van der Waals surface area contributed by atoms with Gasteiger partial charge in [0, 0.05) is 19.2 Å². The molecule has 0 fully saturated rings. The standard InChI is InChI=1S/C18H18N2O3/c1-12-3-5-13(6-4-12)10-19-18(22)14-7-8-16-15(9-14)20(2)17(21)11-23-16/h3-9H,10-11H2,1-2H3,(H,19,22). The third-order valence-electron chi connectivity index (χ3n) is 3.88. The summed E-state index contributed by atoms with van der Waals surface area (Å²) < 4.78 is 5.36. The zero-order chi connectivity index (χ0) is 16.4. The fraction of sp³-hybridized carbons (Fsp3) is 0.222. The van der Waals surface area contributed by atoms with E-state index in [1.165, 1.54) is 10.5 Å².